The van der Waals surface area contributed by atoms with Gasteiger partial charge in [-0.25, -0.2) is 0 Å². The Balaban J connectivity index is 2.85. The summed E-state index contributed by atoms with van der Waals surface area (Å²) in [6.45, 7) is 1.25. The molecule has 0 aromatic rings. The molecule has 0 bridgehead atoms. The van der Waals surface area contributed by atoms with Gasteiger partial charge in [-0.1, -0.05) is 0 Å². The molecule has 34 valence electrons. The molecule has 0 atom stereocenters. The Labute approximate surface area is 38.6 Å². The second-order valence-corrected chi connectivity index (χ2v) is 0.745. The quantitative estimate of drug-likeness (QED) is 0.423. The first-order valence-corrected chi connectivity index (χ1v) is 1.42. The van der Waals surface area contributed by atoms with Crippen LogP contribution in [0, 0.1) is 0 Å². The average molecular weight is 123 g/mol. The molecule has 0 aliphatic rings. The second-order valence-electron chi connectivity index (χ2n) is 0.553. The zero-order valence-electron chi connectivity index (χ0n) is 2.62. The van der Waals surface area contributed by atoms with Crippen LogP contribution in [0.1, 0.15) is 6.92 Å². The van der Waals surface area contributed by atoms with Gasteiger partial charge in [-0.15, -0.1) is 0 Å². The first-order valence-electron chi connectivity index (χ1n) is 1.03. The summed E-state index contributed by atoms with van der Waals surface area (Å²) in [4.78, 5) is 9.48. The first kappa shape index (κ1) is 4.99. The molecule has 0 saturated carbocycles. The fraction of sp³-hybridized carbons (Fsp3) is 0.500. The van der Waals surface area contributed by atoms with Crippen molar-refractivity contribution in [3.05, 3.63) is 0 Å². The summed E-state index contributed by atoms with van der Waals surface area (Å²) >= 11 is 3.95. The predicted molar refractivity (Wildman–Crippen MR) is 11.8 cm³/mol. The van der Waals surface area contributed by atoms with E-state index in [1.165, 1.54) is 6.92 Å². The van der Waals surface area contributed by atoms with Gasteiger partial charge in [-0.3, -0.25) is 0 Å². The topological polar surface area (TPSA) is 26.3 Å². The van der Waals surface area contributed by atoms with Crippen LogP contribution in [0.3, 0.4) is 0 Å². The van der Waals surface area contributed by atoms with Crippen LogP contribution in [-0.4, -0.2) is 5.97 Å². The Hall–Kier alpha value is -0.0105. The van der Waals surface area contributed by atoms with Crippen molar-refractivity contribution in [1.82, 2.24) is 0 Å². The van der Waals surface area contributed by atoms with Gasteiger partial charge in [-0.05, 0) is 0 Å². The van der Waals surface area contributed by atoms with Crippen LogP contribution in [0.5, 0.6) is 0 Å². The molecule has 0 saturated heterocycles. The normalized spacial score (nSPS) is 7.00. The van der Waals surface area contributed by atoms with Gasteiger partial charge in [0, 0.05) is 0 Å². The summed E-state index contributed by atoms with van der Waals surface area (Å²) in [7, 11) is 0. The summed E-state index contributed by atoms with van der Waals surface area (Å²) in [5.41, 5.74) is 0. The molecule has 2 nitrogen and oxygen atoms in total. The molecule has 3 heteroatoms. The summed E-state index contributed by atoms with van der Waals surface area (Å²) in [6, 6.07) is 0. The van der Waals surface area contributed by atoms with E-state index in [0.717, 1.165) is 0 Å². The molecule has 0 aromatic carbocycles. The Morgan fingerprint density at radius 1 is 2.00 bits per heavy atom. The van der Waals surface area contributed by atoms with Gasteiger partial charge in [0.2, 0.25) is 0 Å². The number of hydrogen-bond acceptors (Lipinski definition) is 2. The molecule has 0 heterocycles. The molecular formula is C2H3CuO2. The van der Waals surface area contributed by atoms with E-state index in [1.807, 2.05) is 0 Å². The van der Waals surface area contributed by atoms with Crippen molar-refractivity contribution >= 4 is 5.97 Å². The molecule has 0 radical (unpaired) electrons. The maximum absolute atomic E-state index is 9.48. The van der Waals surface area contributed by atoms with Crippen molar-refractivity contribution in [2.45, 2.75) is 6.92 Å². The van der Waals surface area contributed by atoms with Gasteiger partial charge < -0.3 is 0 Å². The fourth-order valence-electron chi connectivity index (χ4n) is 0. The molecule has 0 aliphatic heterocycles. The number of rotatable bonds is 0. The Bertz CT molecular complexity index is 42.9. The molecule has 0 aliphatic carbocycles. The summed E-state index contributed by atoms with van der Waals surface area (Å²) in [6.07, 6.45) is 0. The van der Waals surface area contributed by atoms with Crippen LogP contribution < -0.4 is 0 Å². The molecule has 0 spiro atoms. The van der Waals surface area contributed by atoms with E-state index in [0.29, 0.717) is 0 Å². The molecule has 0 rings (SSSR count). The van der Waals surface area contributed by atoms with Crippen LogP contribution >= 0.6 is 0 Å². The van der Waals surface area contributed by atoms with Gasteiger partial charge in [0.05, 0.1) is 0 Å². The predicted octanol–water partition coefficient (Wildman–Crippen LogP) is 0.0113. The van der Waals surface area contributed by atoms with E-state index in [9.17, 15) is 4.79 Å². The van der Waals surface area contributed by atoms with E-state index in [4.69, 9.17) is 0 Å². The third-order valence-electron chi connectivity index (χ3n) is 0.0867. The van der Waals surface area contributed by atoms with E-state index in [2.05, 4.69) is 20.2 Å². The van der Waals surface area contributed by atoms with Crippen LogP contribution in [0.15, 0.2) is 0 Å². The average Bonchev–Trinajstić information content (AvgIpc) is 1.38. The Morgan fingerprint density at radius 3 is 2.20 bits per heavy atom. The van der Waals surface area contributed by atoms with Crippen LogP contribution in [-0.2, 0) is 25.0 Å². The number of carbonyl (C=O) groups is 1. The van der Waals surface area contributed by atoms with Gasteiger partial charge in [0.1, 0.15) is 0 Å². The minimum atomic E-state index is -0.440. The van der Waals surface area contributed by atoms with Gasteiger partial charge in [0.15, 0.2) is 0 Å². The summed E-state index contributed by atoms with van der Waals surface area (Å²) in [5, 5.41) is 0. The van der Waals surface area contributed by atoms with Crippen molar-refractivity contribution in [2.75, 3.05) is 0 Å². The Kier molecular flexibility index (Phi) is 2.24. The Morgan fingerprint density at radius 2 is 2.20 bits per heavy atom. The third-order valence-corrected chi connectivity index (χ3v) is 0.357. The summed E-state index contributed by atoms with van der Waals surface area (Å²) < 4.78 is 3.67. The van der Waals surface area contributed by atoms with Crippen LogP contribution in [0.4, 0.5) is 0 Å². The SMILES string of the molecule is CC(=O)[O][Cu]. The standard InChI is InChI=1S/C2H4O2.Cu/c1-2(3)4;/h1H3,(H,3,4);/q;+1/p-1. The molecular weight excluding hydrogens is 120 g/mol. The molecule has 0 aromatic heterocycles. The zero-order chi connectivity index (χ0) is 4.28. The van der Waals surface area contributed by atoms with Crippen molar-refractivity contribution in [3.63, 3.8) is 0 Å². The van der Waals surface area contributed by atoms with Crippen molar-refractivity contribution < 1.29 is 25.0 Å². The van der Waals surface area contributed by atoms with Gasteiger partial charge in [0.25, 0.3) is 0 Å². The van der Waals surface area contributed by atoms with E-state index >= 15 is 0 Å². The van der Waals surface area contributed by atoms with Crippen LogP contribution in [0.25, 0.3) is 0 Å². The van der Waals surface area contributed by atoms with E-state index in [-0.39, 0.29) is 0 Å². The monoisotopic (exact) mass is 122 g/mol. The van der Waals surface area contributed by atoms with Gasteiger partial charge >= 0.3 is 37.8 Å². The second kappa shape index (κ2) is 2.24. The molecule has 0 N–H and O–H groups in total. The van der Waals surface area contributed by atoms with E-state index < -0.39 is 5.97 Å². The minimum absolute atomic E-state index is 0.440. The first-order chi connectivity index (χ1) is 2.27. The van der Waals surface area contributed by atoms with Crippen molar-refractivity contribution in [3.8, 4) is 0 Å². The molecule has 5 heavy (non-hydrogen) atoms. The fourth-order valence-corrected chi connectivity index (χ4v) is 0. The number of hydrogen-bond donors (Lipinski definition) is 0. The van der Waals surface area contributed by atoms with E-state index in [1.54, 1.807) is 0 Å². The maximum atomic E-state index is 9.48. The zero-order valence-corrected chi connectivity index (χ0v) is 3.56. The molecule has 0 unspecified atom stereocenters. The van der Waals surface area contributed by atoms with Gasteiger partial charge in [-0.2, -0.15) is 0 Å². The number of carbonyl (C=O) groups excluding carboxylic acids is 1. The molecule has 0 amide bonds. The van der Waals surface area contributed by atoms with Crippen LogP contribution in [0.2, 0.25) is 0 Å². The van der Waals surface area contributed by atoms with Crippen molar-refractivity contribution in [1.29, 1.82) is 0 Å². The summed E-state index contributed by atoms with van der Waals surface area (Å²) in [5.74, 6) is -0.440. The third kappa shape index (κ3) is 3.99. The molecule has 0 fully saturated rings. The van der Waals surface area contributed by atoms with Crippen molar-refractivity contribution in [2.24, 2.45) is 0 Å².